The molecule has 2 nitrogen and oxygen atoms in total. The van der Waals surface area contributed by atoms with Gasteiger partial charge in [-0.05, 0) is 6.92 Å². The first kappa shape index (κ1) is 9.68. The predicted octanol–water partition coefficient (Wildman–Crippen LogP) is 1.46. The lowest BCUT2D eigenvalue weighted by Crippen LogP contribution is -2.13. The molecule has 1 N–H and O–H groups in total. The molecule has 0 heterocycles. The lowest BCUT2D eigenvalue weighted by Gasteiger charge is -2.03. The van der Waals surface area contributed by atoms with Crippen molar-refractivity contribution in [2.24, 2.45) is 0 Å². The van der Waals surface area contributed by atoms with E-state index in [1.165, 1.54) is 6.92 Å². The fourth-order valence-electron chi connectivity index (χ4n) is 0.288. The van der Waals surface area contributed by atoms with Gasteiger partial charge in [0.25, 0.3) is 0 Å². The van der Waals surface area contributed by atoms with Gasteiger partial charge in [0, 0.05) is 0 Å². The molecule has 1 unspecified atom stereocenters. The molecule has 0 spiro atoms. The molecule has 0 bridgehead atoms. The van der Waals surface area contributed by atoms with E-state index in [4.69, 9.17) is 5.11 Å². The van der Waals surface area contributed by atoms with E-state index >= 15 is 0 Å². The number of rotatable bonds is 4. The monoisotopic (exact) mass is 170 g/mol. The second kappa shape index (κ2) is 4.49. The zero-order valence-corrected chi connectivity index (χ0v) is 6.20. The highest BCUT2D eigenvalue weighted by Gasteiger charge is 2.13. The minimum atomic E-state index is -2.42. The summed E-state index contributed by atoms with van der Waals surface area (Å²) < 4.78 is 22.9. The van der Waals surface area contributed by atoms with Crippen LogP contribution in [-0.2, 0) is 4.79 Å². The molecule has 0 fully saturated rings. The van der Waals surface area contributed by atoms with Crippen LogP contribution in [0.4, 0.5) is 8.78 Å². The summed E-state index contributed by atoms with van der Waals surface area (Å²) in [7, 11) is 0. The van der Waals surface area contributed by atoms with Crippen LogP contribution in [0.1, 0.15) is 6.92 Å². The third kappa shape index (κ3) is 4.55. The maximum Gasteiger partial charge on any atom is 0.316 e. The van der Waals surface area contributed by atoms with Crippen molar-refractivity contribution in [3.63, 3.8) is 0 Å². The smallest absolute Gasteiger partial charge is 0.316 e. The quantitative estimate of drug-likeness (QED) is 0.694. The van der Waals surface area contributed by atoms with E-state index in [9.17, 15) is 13.6 Å². The van der Waals surface area contributed by atoms with Gasteiger partial charge in [0.15, 0.2) is 0 Å². The van der Waals surface area contributed by atoms with Gasteiger partial charge in [0.1, 0.15) is 0 Å². The Morgan fingerprint density at radius 3 is 2.50 bits per heavy atom. The first-order valence-corrected chi connectivity index (χ1v) is 3.71. The van der Waals surface area contributed by atoms with Gasteiger partial charge in [-0.3, -0.25) is 4.79 Å². The Balaban J connectivity index is 3.40. The molecule has 0 aliphatic heterocycles. The van der Waals surface area contributed by atoms with Crippen molar-refractivity contribution in [1.29, 1.82) is 0 Å². The number of hydrogen-bond donors (Lipinski definition) is 1. The zero-order chi connectivity index (χ0) is 8.15. The Bertz CT molecular complexity index is 118. The highest BCUT2D eigenvalue weighted by molar-refractivity contribution is 8.00. The first-order chi connectivity index (χ1) is 4.54. The molecule has 0 radical (unpaired) electrons. The summed E-state index contributed by atoms with van der Waals surface area (Å²) in [5.41, 5.74) is 0. The van der Waals surface area contributed by atoms with E-state index in [1.807, 2.05) is 0 Å². The van der Waals surface area contributed by atoms with Crippen molar-refractivity contribution in [2.75, 3.05) is 5.75 Å². The van der Waals surface area contributed by atoms with Crippen LogP contribution in [0, 0.1) is 0 Å². The molecular weight excluding hydrogens is 162 g/mol. The van der Waals surface area contributed by atoms with Crippen molar-refractivity contribution >= 4 is 17.7 Å². The molecule has 60 valence electrons. The van der Waals surface area contributed by atoms with Crippen LogP contribution in [0.15, 0.2) is 0 Å². The van der Waals surface area contributed by atoms with Gasteiger partial charge in [-0.15, -0.1) is 11.8 Å². The second-order valence-electron chi connectivity index (χ2n) is 1.70. The number of alkyl halides is 2. The third-order valence-electron chi connectivity index (χ3n) is 0.820. The van der Waals surface area contributed by atoms with Gasteiger partial charge in [-0.25, -0.2) is 8.78 Å². The van der Waals surface area contributed by atoms with E-state index in [0.29, 0.717) is 0 Å². The number of carboxylic acids is 1. The molecule has 0 saturated carbocycles. The molecule has 0 aromatic heterocycles. The van der Waals surface area contributed by atoms with Gasteiger partial charge in [-0.1, -0.05) is 0 Å². The van der Waals surface area contributed by atoms with Crippen LogP contribution in [0.2, 0.25) is 0 Å². The summed E-state index contributed by atoms with van der Waals surface area (Å²) in [6.07, 6.45) is -2.42. The normalized spacial score (nSPS) is 13.6. The number of thioether (sulfide) groups is 1. The van der Waals surface area contributed by atoms with Crippen molar-refractivity contribution in [3.8, 4) is 0 Å². The molecule has 0 aliphatic rings. The predicted molar refractivity (Wildman–Crippen MR) is 35.6 cm³/mol. The lowest BCUT2D eigenvalue weighted by molar-refractivity contribution is -0.136. The van der Waals surface area contributed by atoms with Gasteiger partial charge in [0.2, 0.25) is 6.43 Å². The number of aliphatic carboxylic acids is 1. The number of hydrogen-bond acceptors (Lipinski definition) is 2. The van der Waals surface area contributed by atoms with Gasteiger partial charge < -0.3 is 5.11 Å². The van der Waals surface area contributed by atoms with E-state index < -0.39 is 23.4 Å². The van der Waals surface area contributed by atoms with Crippen LogP contribution in [0.3, 0.4) is 0 Å². The topological polar surface area (TPSA) is 37.3 Å². The largest absolute Gasteiger partial charge is 0.480 e. The fourth-order valence-corrected chi connectivity index (χ4v) is 0.865. The van der Waals surface area contributed by atoms with Crippen LogP contribution in [-0.4, -0.2) is 28.5 Å². The standard InChI is InChI=1S/C5H8F2O2S/c1-3(5(8)9)10-2-4(6)7/h3-4H,2H2,1H3,(H,8,9). The lowest BCUT2D eigenvalue weighted by atomic mass is 10.5. The second-order valence-corrected chi connectivity index (χ2v) is 3.08. The van der Waals surface area contributed by atoms with E-state index in [0.717, 1.165) is 11.8 Å². The SMILES string of the molecule is CC(SCC(F)F)C(=O)O. The minimum Gasteiger partial charge on any atom is -0.480 e. The van der Waals surface area contributed by atoms with Crippen LogP contribution < -0.4 is 0 Å². The van der Waals surface area contributed by atoms with E-state index in [2.05, 4.69) is 0 Å². The molecule has 0 rings (SSSR count). The number of halogens is 2. The molecule has 0 aromatic carbocycles. The van der Waals surface area contributed by atoms with Crippen LogP contribution in [0.5, 0.6) is 0 Å². The fraction of sp³-hybridized carbons (Fsp3) is 0.800. The van der Waals surface area contributed by atoms with E-state index in [-0.39, 0.29) is 0 Å². The molecule has 0 aliphatic carbocycles. The molecule has 1 atom stereocenters. The molecule has 0 aromatic rings. The summed E-state index contributed by atoms with van der Waals surface area (Å²) in [6, 6.07) is 0. The molecular formula is C5H8F2O2S. The number of carbonyl (C=O) groups is 1. The molecule has 0 amide bonds. The molecule has 10 heavy (non-hydrogen) atoms. The highest BCUT2D eigenvalue weighted by atomic mass is 32.2. The minimum absolute atomic E-state index is 0.409. The Labute approximate surface area is 61.6 Å². The highest BCUT2D eigenvalue weighted by Crippen LogP contribution is 2.13. The third-order valence-corrected chi connectivity index (χ3v) is 1.97. The average molecular weight is 170 g/mol. The van der Waals surface area contributed by atoms with E-state index in [1.54, 1.807) is 0 Å². The van der Waals surface area contributed by atoms with Crippen molar-refractivity contribution in [1.82, 2.24) is 0 Å². The van der Waals surface area contributed by atoms with Gasteiger partial charge in [0.05, 0.1) is 11.0 Å². The number of carboxylic acid groups (broad SMARTS) is 1. The average Bonchev–Trinajstić information content (AvgIpc) is 1.82. The zero-order valence-electron chi connectivity index (χ0n) is 5.38. The van der Waals surface area contributed by atoms with Crippen molar-refractivity contribution in [2.45, 2.75) is 18.6 Å². The summed E-state index contributed by atoms with van der Waals surface area (Å²) in [5, 5.41) is 7.49. The van der Waals surface area contributed by atoms with Crippen LogP contribution in [0.25, 0.3) is 0 Å². The van der Waals surface area contributed by atoms with Crippen LogP contribution >= 0.6 is 11.8 Å². The molecule has 5 heteroatoms. The summed E-state index contributed by atoms with van der Waals surface area (Å²) in [5.74, 6) is -1.46. The van der Waals surface area contributed by atoms with Gasteiger partial charge >= 0.3 is 5.97 Å². The Hall–Kier alpha value is -0.320. The Morgan fingerprint density at radius 2 is 2.20 bits per heavy atom. The molecule has 0 saturated heterocycles. The Kier molecular flexibility index (Phi) is 4.34. The summed E-state index contributed by atoms with van der Waals surface area (Å²) in [6.45, 7) is 1.38. The van der Waals surface area contributed by atoms with Crippen molar-refractivity contribution < 1.29 is 18.7 Å². The van der Waals surface area contributed by atoms with Crippen molar-refractivity contribution in [3.05, 3.63) is 0 Å². The Morgan fingerprint density at radius 1 is 1.70 bits per heavy atom. The maximum absolute atomic E-state index is 11.4. The summed E-state index contributed by atoms with van der Waals surface area (Å²) >= 11 is 0.743. The summed E-state index contributed by atoms with van der Waals surface area (Å²) in [4.78, 5) is 10.0. The maximum atomic E-state index is 11.4. The van der Waals surface area contributed by atoms with Gasteiger partial charge in [-0.2, -0.15) is 0 Å². The first-order valence-electron chi connectivity index (χ1n) is 2.66.